The van der Waals surface area contributed by atoms with E-state index in [4.69, 9.17) is 0 Å². The molecule has 1 aromatic carbocycles. The van der Waals surface area contributed by atoms with E-state index in [0.29, 0.717) is 13.0 Å². The molecule has 0 aliphatic carbocycles. The molecule has 126 valence electrons. The molecule has 2 aromatic rings. The van der Waals surface area contributed by atoms with Gasteiger partial charge in [0.2, 0.25) is 11.8 Å². The number of aryl methyl sites for hydroxylation is 1. The smallest absolute Gasteiger partial charge is 0.234 e. The Morgan fingerprint density at radius 2 is 1.92 bits per heavy atom. The predicted octanol–water partition coefficient (Wildman–Crippen LogP) is 2.42. The van der Waals surface area contributed by atoms with Gasteiger partial charge in [-0.25, -0.2) is 0 Å². The molecule has 2 amide bonds. The summed E-state index contributed by atoms with van der Waals surface area (Å²) in [5.41, 5.74) is 2.82. The van der Waals surface area contributed by atoms with E-state index < -0.39 is 0 Å². The Balaban J connectivity index is 1.59. The van der Waals surface area contributed by atoms with Gasteiger partial charge in [0.1, 0.15) is 0 Å². The fraction of sp³-hybridized carbons (Fsp3) is 0.278. The van der Waals surface area contributed by atoms with E-state index in [9.17, 15) is 9.59 Å². The number of nitrogens with one attached hydrogen (secondary N) is 2. The second-order valence-corrected chi connectivity index (χ2v) is 6.32. The summed E-state index contributed by atoms with van der Waals surface area (Å²) in [6.45, 7) is 2.52. The Labute approximate surface area is 146 Å². The molecular weight excluding hydrogens is 322 g/mol. The molecule has 0 bridgehead atoms. The Morgan fingerprint density at radius 1 is 1.08 bits per heavy atom. The van der Waals surface area contributed by atoms with Crippen molar-refractivity contribution in [1.29, 1.82) is 0 Å². The average Bonchev–Trinajstić information content (AvgIpc) is 2.56. The number of thioether (sulfide) groups is 1. The molecule has 6 heteroatoms. The number of hydrogen-bond donors (Lipinski definition) is 2. The number of anilines is 1. The van der Waals surface area contributed by atoms with E-state index >= 15 is 0 Å². The van der Waals surface area contributed by atoms with E-state index in [2.05, 4.69) is 15.6 Å². The predicted molar refractivity (Wildman–Crippen MR) is 98.1 cm³/mol. The van der Waals surface area contributed by atoms with Gasteiger partial charge in [-0.1, -0.05) is 18.2 Å². The third-order valence-corrected chi connectivity index (χ3v) is 4.13. The normalized spacial score (nSPS) is 10.2. The minimum atomic E-state index is -0.105. The average molecular weight is 343 g/mol. The first kappa shape index (κ1) is 18.0. The summed E-state index contributed by atoms with van der Waals surface area (Å²) in [6.07, 6.45) is 2.44. The first-order valence-corrected chi connectivity index (χ1v) is 8.90. The Kier molecular flexibility index (Phi) is 7.29. The monoisotopic (exact) mass is 343 g/mol. The van der Waals surface area contributed by atoms with Crippen LogP contribution in [-0.4, -0.2) is 34.8 Å². The number of hydrogen-bond acceptors (Lipinski definition) is 4. The van der Waals surface area contributed by atoms with Crippen LogP contribution in [0.25, 0.3) is 0 Å². The summed E-state index contributed by atoms with van der Waals surface area (Å²) in [7, 11) is 0. The van der Waals surface area contributed by atoms with Crippen molar-refractivity contribution in [2.45, 2.75) is 13.3 Å². The van der Waals surface area contributed by atoms with Crippen LogP contribution < -0.4 is 10.6 Å². The molecule has 0 spiro atoms. The van der Waals surface area contributed by atoms with E-state index in [-0.39, 0.29) is 23.3 Å². The fourth-order valence-electron chi connectivity index (χ4n) is 2.08. The molecule has 0 saturated heterocycles. The fourth-order valence-corrected chi connectivity index (χ4v) is 2.73. The zero-order chi connectivity index (χ0) is 17.2. The highest BCUT2D eigenvalue weighted by molar-refractivity contribution is 8.00. The molecule has 1 heterocycles. The number of pyridine rings is 1. The minimum absolute atomic E-state index is 0.0701. The lowest BCUT2D eigenvalue weighted by molar-refractivity contribution is -0.118. The first-order valence-electron chi connectivity index (χ1n) is 7.74. The van der Waals surface area contributed by atoms with Gasteiger partial charge in [0.15, 0.2) is 0 Å². The second-order valence-electron chi connectivity index (χ2n) is 5.33. The van der Waals surface area contributed by atoms with Crippen LogP contribution >= 0.6 is 11.8 Å². The second kappa shape index (κ2) is 9.72. The van der Waals surface area contributed by atoms with Crippen LogP contribution in [0.2, 0.25) is 0 Å². The van der Waals surface area contributed by atoms with E-state index in [1.54, 1.807) is 6.20 Å². The number of benzene rings is 1. The van der Waals surface area contributed by atoms with Crippen LogP contribution in [0.1, 0.15) is 11.3 Å². The SMILES string of the molecule is Cc1cccc(NC(=O)CSCC(=O)NCCc2ccccn2)c1. The molecule has 0 aliphatic heterocycles. The molecule has 24 heavy (non-hydrogen) atoms. The van der Waals surface area contributed by atoms with E-state index in [1.165, 1.54) is 11.8 Å². The van der Waals surface area contributed by atoms with Crippen LogP contribution in [0.5, 0.6) is 0 Å². The Morgan fingerprint density at radius 3 is 2.67 bits per heavy atom. The summed E-state index contributed by atoms with van der Waals surface area (Å²) < 4.78 is 0. The van der Waals surface area contributed by atoms with Crippen molar-refractivity contribution in [2.75, 3.05) is 23.4 Å². The number of amides is 2. The third kappa shape index (κ3) is 6.83. The molecule has 2 rings (SSSR count). The van der Waals surface area contributed by atoms with Gasteiger partial charge in [0.05, 0.1) is 11.5 Å². The summed E-state index contributed by atoms with van der Waals surface area (Å²) in [4.78, 5) is 27.8. The molecule has 0 saturated carbocycles. The molecule has 0 atom stereocenters. The molecule has 0 radical (unpaired) electrons. The lowest BCUT2D eigenvalue weighted by atomic mass is 10.2. The van der Waals surface area contributed by atoms with Crippen LogP contribution in [-0.2, 0) is 16.0 Å². The maximum absolute atomic E-state index is 11.8. The highest BCUT2D eigenvalue weighted by Crippen LogP contribution is 2.10. The standard InChI is InChI=1S/C18H21N3O2S/c1-14-5-4-7-16(11-14)21-18(23)13-24-12-17(22)20-10-8-15-6-2-3-9-19-15/h2-7,9,11H,8,10,12-13H2,1H3,(H,20,22)(H,21,23). The minimum Gasteiger partial charge on any atom is -0.355 e. The highest BCUT2D eigenvalue weighted by Gasteiger charge is 2.06. The summed E-state index contributed by atoms with van der Waals surface area (Å²) >= 11 is 1.30. The van der Waals surface area contributed by atoms with Crippen LogP contribution in [0.3, 0.4) is 0 Å². The molecule has 0 aliphatic rings. The number of aromatic nitrogens is 1. The number of carbonyl (C=O) groups excluding carboxylic acids is 2. The van der Waals surface area contributed by atoms with Crippen molar-refractivity contribution in [1.82, 2.24) is 10.3 Å². The quantitative estimate of drug-likeness (QED) is 0.772. The van der Waals surface area contributed by atoms with Gasteiger partial charge < -0.3 is 10.6 Å². The summed E-state index contributed by atoms with van der Waals surface area (Å²) in [6, 6.07) is 13.3. The number of rotatable bonds is 8. The van der Waals surface area contributed by atoms with Gasteiger partial charge in [-0.15, -0.1) is 11.8 Å². The van der Waals surface area contributed by atoms with Gasteiger partial charge in [0.25, 0.3) is 0 Å². The lowest BCUT2D eigenvalue weighted by Crippen LogP contribution is -2.28. The molecule has 1 aromatic heterocycles. The Hall–Kier alpha value is -2.34. The van der Waals surface area contributed by atoms with Crippen molar-refractivity contribution in [3.05, 3.63) is 59.9 Å². The zero-order valence-corrected chi connectivity index (χ0v) is 14.4. The van der Waals surface area contributed by atoms with E-state index in [1.807, 2.05) is 49.4 Å². The third-order valence-electron chi connectivity index (χ3n) is 3.20. The van der Waals surface area contributed by atoms with Crippen LogP contribution in [0.15, 0.2) is 48.7 Å². The van der Waals surface area contributed by atoms with Crippen molar-refractivity contribution in [2.24, 2.45) is 0 Å². The van der Waals surface area contributed by atoms with Gasteiger partial charge in [-0.3, -0.25) is 14.6 Å². The van der Waals surface area contributed by atoms with Crippen molar-refractivity contribution < 1.29 is 9.59 Å². The van der Waals surface area contributed by atoms with Crippen molar-refractivity contribution in [3.63, 3.8) is 0 Å². The summed E-state index contributed by atoms with van der Waals surface area (Å²) in [5.74, 6) is 0.344. The van der Waals surface area contributed by atoms with Gasteiger partial charge in [0, 0.05) is 30.5 Å². The van der Waals surface area contributed by atoms with Crippen LogP contribution in [0.4, 0.5) is 5.69 Å². The Bertz CT molecular complexity index is 677. The molecule has 2 N–H and O–H groups in total. The van der Waals surface area contributed by atoms with Crippen molar-refractivity contribution >= 4 is 29.3 Å². The van der Waals surface area contributed by atoms with Gasteiger partial charge in [-0.2, -0.15) is 0 Å². The maximum Gasteiger partial charge on any atom is 0.234 e. The van der Waals surface area contributed by atoms with Crippen molar-refractivity contribution in [3.8, 4) is 0 Å². The first-order chi connectivity index (χ1) is 11.6. The maximum atomic E-state index is 11.8. The largest absolute Gasteiger partial charge is 0.355 e. The zero-order valence-electron chi connectivity index (χ0n) is 13.6. The lowest BCUT2D eigenvalue weighted by Gasteiger charge is -2.07. The van der Waals surface area contributed by atoms with E-state index in [0.717, 1.165) is 16.9 Å². The number of carbonyl (C=O) groups is 2. The molecular formula is C18H21N3O2S. The number of nitrogens with zero attached hydrogens (tertiary/aromatic N) is 1. The summed E-state index contributed by atoms with van der Waals surface area (Å²) in [5, 5.41) is 5.65. The topological polar surface area (TPSA) is 71.1 Å². The van der Waals surface area contributed by atoms with Crippen LogP contribution in [0, 0.1) is 6.92 Å². The molecule has 5 nitrogen and oxygen atoms in total. The highest BCUT2D eigenvalue weighted by atomic mass is 32.2. The molecule has 0 unspecified atom stereocenters. The van der Waals surface area contributed by atoms with Gasteiger partial charge >= 0.3 is 0 Å². The van der Waals surface area contributed by atoms with Gasteiger partial charge in [-0.05, 0) is 36.8 Å². The molecule has 0 fully saturated rings.